The van der Waals surface area contributed by atoms with Crippen LogP contribution in [0.2, 0.25) is 0 Å². The molecule has 1 amide bonds. The van der Waals surface area contributed by atoms with Gasteiger partial charge in [-0.2, -0.15) is 5.10 Å². The van der Waals surface area contributed by atoms with Crippen LogP contribution in [0.1, 0.15) is 30.2 Å². The maximum absolute atomic E-state index is 12.0. The van der Waals surface area contributed by atoms with E-state index in [-0.39, 0.29) is 23.0 Å². The first-order valence-electron chi connectivity index (χ1n) is 8.14. The number of carbonyl (C=O) groups excluding carboxylic acids is 1. The molecule has 3 rings (SSSR count). The Hall–Kier alpha value is -3.48. The minimum Gasteiger partial charge on any atom is -0.383 e. The summed E-state index contributed by atoms with van der Waals surface area (Å²) in [5, 5.41) is 4.43. The summed E-state index contributed by atoms with van der Waals surface area (Å²) < 4.78 is 1.38. The third-order valence-corrected chi connectivity index (χ3v) is 3.95. The quantitative estimate of drug-likeness (QED) is 0.749. The SMILES string of the molecule is CC(C)n1nc(-c2cc(C(N)=O)c(N)nc2-c2ccccc2)ccc1=O. The number of nitrogen functional groups attached to an aromatic ring is 1. The monoisotopic (exact) mass is 349 g/mol. The first-order valence-corrected chi connectivity index (χ1v) is 8.14. The zero-order chi connectivity index (χ0) is 18.8. The Morgan fingerprint density at radius 3 is 2.42 bits per heavy atom. The molecule has 0 unspecified atom stereocenters. The molecule has 7 nitrogen and oxygen atoms in total. The van der Waals surface area contributed by atoms with E-state index < -0.39 is 5.91 Å². The van der Waals surface area contributed by atoms with Gasteiger partial charge in [0.15, 0.2) is 0 Å². The summed E-state index contributed by atoms with van der Waals surface area (Å²) in [7, 11) is 0. The van der Waals surface area contributed by atoms with Crippen molar-refractivity contribution in [3.8, 4) is 22.5 Å². The first-order chi connectivity index (χ1) is 12.4. The van der Waals surface area contributed by atoms with Gasteiger partial charge in [0.05, 0.1) is 23.0 Å². The number of benzene rings is 1. The van der Waals surface area contributed by atoms with E-state index in [1.54, 1.807) is 12.1 Å². The van der Waals surface area contributed by atoms with Crippen LogP contribution < -0.4 is 17.0 Å². The number of carbonyl (C=O) groups is 1. The Balaban J connectivity index is 2.32. The van der Waals surface area contributed by atoms with Crippen molar-refractivity contribution in [1.82, 2.24) is 14.8 Å². The number of aromatic nitrogens is 3. The van der Waals surface area contributed by atoms with Gasteiger partial charge < -0.3 is 11.5 Å². The Morgan fingerprint density at radius 1 is 1.12 bits per heavy atom. The fourth-order valence-electron chi connectivity index (χ4n) is 2.68. The molecular formula is C19H19N5O2. The third-order valence-electron chi connectivity index (χ3n) is 3.95. The van der Waals surface area contributed by atoms with Crippen LogP contribution in [-0.2, 0) is 0 Å². The molecule has 0 aliphatic rings. The summed E-state index contributed by atoms with van der Waals surface area (Å²) in [6.07, 6.45) is 0. The lowest BCUT2D eigenvalue weighted by Gasteiger charge is -2.14. The molecule has 0 fully saturated rings. The molecule has 132 valence electrons. The molecule has 4 N–H and O–H groups in total. The molecule has 0 aliphatic heterocycles. The highest BCUT2D eigenvalue weighted by Gasteiger charge is 2.18. The van der Waals surface area contributed by atoms with Crippen LogP contribution in [0.5, 0.6) is 0 Å². The van der Waals surface area contributed by atoms with Gasteiger partial charge in [-0.3, -0.25) is 9.59 Å². The fraction of sp³-hybridized carbons (Fsp3) is 0.158. The molecule has 0 spiro atoms. The first kappa shape index (κ1) is 17.3. The normalized spacial score (nSPS) is 10.9. The van der Waals surface area contributed by atoms with E-state index in [9.17, 15) is 9.59 Å². The van der Waals surface area contributed by atoms with E-state index >= 15 is 0 Å². The number of anilines is 1. The van der Waals surface area contributed by atoms with Gasteiger partial charge in [-0.15, -0.1) is 0 Å². The summed E-state index contributed by atoms with van der Waals surface area (Å²) >= 11 is 0. The summed E-state index contributed by atoms with van der Waals surface area (Å²) in [6, 6.07) is 13.9. The molecule has 2 heterocycles. The predicted octanol–water partition coefficient (Wildman–Crippen LogP) is 2.23. The summed E-state index contributed by atoms with van der Waals surface area (Å²) in [5.41, 5.74) is 13.7. The number of pyridine rings is 1. The predicted molar refractivity (Wildman–Crippen MR) is 100 cm³/mol. The van der Waals surface area contributed by atoms with Crippen LogP contribution in [-0.4, -0.2) is 20.7 Å². The Labute approximate surface area is 150 Å². The molecule has 0 saturated heterocycles. The largest absolute Gasteiger partial charge is 0.383 e. The zero-order valence-electron chi connectivity index (χ0n) is 14.5. The minimum atomic E-state index is -0.673. The van der Waals surface area contributed by atoms with Gasteiger partial charge in [-0.05, 0) is 26.0 Å². The maximum Gasteiger partial charge on any atom is 0.267 e. The van der Waals surface area contributed by atoms with Crippen LogP contribution >= 0.6 is 0 Å². The molecule has 1 aromatic carbocycles. The number of amides is 1. The van der Waals surface area contributed by atoms with Gasteiger partial charge in [0.25, 0.3) is 11.5 Å². The third kappa shape index (κ3) is 3.19. The molecular weight excluding hydrogens is 330 g/mol. The second-order valence-electron chi connectivity index (χ2n) is 6.14. The molecule has 0 radical (unpaired) electrons. The molecule has 0 bridgehead atoms. The van der Waals surface area contributed by atoms with E-state index in [0.29, 0.717) is 17.0 Å². The van der Waals surface area contributed by atoms with Gasteiger partial charge in [-0.25, -0.2) is 9.67 Å². The summed E-state index contributed by atoms with van der Waals surface area (Å²) in [6.45, 7) is 3.73. The molecule has 0 atom stereocenters. The van der Waals surface area contributed by atoms with Crippen LogP contribution in [0, 0.1) is 0 Å². The lowest BCUT2D eigenvalue weighted by atomic mass is 10.0. The van der Waals surface area contributed by atoms with Crippen LogP contribution in [0.3, 0.4) is 0 Å². The van der Waals surface area contributed by atoms with E-state index in [4.69, 9.17) is 11.5 Å². The van der Waals surface area contributed by atoms with Crippen molar-refractivity contribution < 1.29 is 4.79 Å². The Kier molecular flexibility index (Phi) is 4.53. The number of primary amides is 1. The van der Waals surface area contributed by atoms with Crippen molar-refractivity contribution in [2.75, 3.05) is 5.73 Å². The number of nitrogens with two attached hydrogens (primary N) is 2. The Bertz CT molecular complexity index is 1030. The van der Waals surface area contributed by atoms with Crippen LogP contribution in [0.25, 0.3) is 22.5 Å². The lowest BCUT2D eigenvalue weighted by molar-refractivity contribution is 0.100. The van der Waals surface area contributed by atoms with Crippen molar-refractivity contribution >= 4 is 11.7 Å². The lowest BCUT2D eigenvalue weighted by Crippen LogP contribution is -2.24. The highest BCUT2D eigenvalue weighted by molar-refractivity contribution is 5.99. The van der Waals surface area contributed by atoms with Gasteiger partial charge >= 0.3 is 0 Å². The standard InChI is InChI=1S/C19H19N5O2/c1-11(2)24-16(25)9-8-15(23-24)13-10-14(19(21)26)18(20)22-17(13)12-6-4-3-5-7-12/h3-11H,1-2H3,(H2,20,22)(H2,21,26). The van der Waals surface area contributed by atoms with Gasteiger partial charge in [0, 0.05) is 17.2 Å². The molecule has 0 saturated carbocycles. The Morgan fingerprint density at radius 2 is 1.81 bits per heavy atom. The van der Waals surface area contributed by atoms with Gasteiger partial charge in [-0.1, -0.05) is 30.3 Å². The van der Waals surface area contributed by atoms with E-state index in [1.165, 1.54) is 10.7 Å². The van der Waals surface area contributed by atoms with Crippen molar-refractivity contribution in [2.45, 2.75) is 19.9 Å². The maximum atomic E-state index is 12.0. The smallest absolute Gasteiger partial charge is 0.267 e. The number of nitrogens with zero attached hydrogens (tertiary/aromatic N) is 3. The van der Waals surface area contributed by atoms with Crippen molar-refractivity contribution in [3.05, 3.63) is 64.4 Å². The average molecular weight is 349 g/mol. The van der Waals surface area contributed by atoms with Crippen LogP contribution in [0.4, 0.5) is 5.82 Å². The molecule has 7 heteroatoms. The van der Waals surface area contributed by atoms with Crippen LogP contribution in [0.15, 0.2) is 53.3 Å². The fourth-order valence-corrected chi connectivity index (χ4v) is 2.68. The second kappa shape index (κ2) is 6.79. The van der Waals surface area contributed by atoms with Gasteiger partial charge in [0.2, 0.25) is 0 Å². The highest BCUT2D eigenvalue weighted by atomic mass is 16.1. The zero-order valence-corrected chi connectivity index (χ0v) is 14.5. The molecule has 2 aromatic heterocycles. The topological polar surface area (TPSA) is 117 Å². The summed E-state index contributed by atoms with van der Waals surface area (Å²) in [4.78, 5) is 28.1. The van der Waals surface area contributed by atoms with Crippen molar-refractivity contribution in [3.63, 3.8) is 0 Å². The average Bonchev–Trinajstić information content (AvgIpc) is 2.62. The number of rotatable bonds is 4. The highest BCUT2D eigenvalue weighted by Crippen LogP contribution is 2.31. The minimum absolute atomic E-state index is 0.0530. The summed E-state index contributed by atoms with van der Waals surface area (Å²) in [5.74, 6) is -0.620. The van der Waals surface area contributed by atoms with E-state index in [2.05, 4.69) is 10.1 Å². The van der Waals surface area contributed by atoms with E-state index in [1.807, 2.05) is 44.2 Å². The molecule has 0 aliphatic carbocycles. The molecule has 26 heavy (non-hydrogen) atoms. The van der Waals surface area contributed by atoms with E-state index in [0.717, 1.165) is 5.56 Å². The number of hydrogen-bond acceptors (Lipinski definition) is 5. The second-order valence-corrected chi connectivity index (χ2v) is 6.14. The van der Waals surface area contributed by atoms with Crippen molar-refractivity contribution in [1.29, 1.82) is 0 Å². The molecule has 3 aromatic rings. The van der Waals surface area contributed by atoms with Crippen molar-refractivity contribution in [2.24, 2.45) is 5.73 Å². The number of hydrogen-bond donors (Lipinski definition) is 2. The van der Waals surface area contributed by atoms with Gasteiger partial charge in [0.1, 0.15) is 5.82 Å².